The van der Waals surface area contributed by atoms with Crippen LogP contribution in [0.2, 0.25) is 0 Å². The van der Waals surface area contributed by atoms with Crippen LogP contribution in [-0.2, 0) is 14.2 Å². The van der Waals surface area contributed by atoms with E-state index in [1.54, 1.807) is 0 Å². The Morgan fingerprint density at radius 3 is 2.31 bits per heavy atom. The number of aliphatic hydroxyl groups excluding tert-OH is 6. The third-order valence-electron chi connectivity index (χ3n) is 6.11. The molecule has 1 aromatic rings. The zero-order chi connectivity index (χ0) is 25.6. The summed E-state index contributed by atoms with van der Waals surface area (Å²) in [6.45, 7) is 0.595. The Kier molecular flexibility index (Phi) is 7.24. The van der Waals surface area contributed by atoms with E-state index in [1.807, 2.05) is 0 Å². The van der Waals surface area contributed by atoms with Crippen molar-refractivity contribution in [3.8, 4) is 11.5 Å². The number of rotatable bonds is 5. The van der Waals surface area contributed by atoms with Gasteiger partial charge >= 0.3 is 0 Å². The van der Waals surface area contributed by atoms with Crippen molar-refractivity contribution in [2.75, 3.05) is 13.2 Å². The summed E-state index contributed by atoms with van der Waals surface area (Å²) < 4.78 is 21.6. The van der Waals surface area contributed by atoms with Gasteiger partial charge in [0.2, 0.25) is 6.29 Å². The van der Waals surface area contributed by atoms with Gasteiger partial charge in [-0.2, -0.15) is 0 Å². The molecule has 7 N–H and O–H groups in total. The van der Waals surface area contributed by atoms with Crippen LogP contribution in [0.5, 0.6) is 11.5 Å². The van der Waals surface area contributed by atoms with Crippen molar-refractivity contribution >= 4 is 11.6 Å². The number of benzene rings is 1. The third-order valence-corrected chi connectivity index (χ3v) is 6.11. The van der Waals surface area contributed by atoms with Crippen LogP contribution in [0.4, 0.5) is 0 Å². The summed E-state index contributed by atoms with van der Waals surface area (Å²) in [5.74, 6) is -1.87. The number of phenolic OH excluding ortho intramolecular Hbond substituents is 1. The van der Waals surface area contributed by atoms with E-state index in [0.717, 1.165) is 12.1 Å². The number of ether oxygens (including phenoxy) is 4. The minimum absolute atomic E-state index is 0.115. The predicted octanol–water partition coefficient (Wildman–Crippen LogP) is -2.64. The maximum absolute atomic E-state index is 12.6. The maximum atomic E-state index is 12.6. The standard InChI is InChI=1S/C22H26O13/c1-7-4-9(24)13-11(3-2-8(23)14(13)15(7)26)34-22-20(31)18(29)17(28)12(35-22)6-33-21-19(30)16(27)10(25)5-32-21/h2-4,10,12,16-23,25,27-31H,5-6H2,1H3. The first-order chi connectivity index (χ1) is 16.5. The van der Waals surface area contributed by atoms with Crippen molar-refractivity contribution in [1.29, 1.82) is 0 Å². The number of ketones is 2. The molecule has 35 heavy (non-hydrogen) atoms. The van der Waals surface area contributed by atoms with E-state index in [0.29, 0.717) is 0 Å². The SMILES string of the molecule is CC1=CC(=O)c2c(OC3OC(COC4OCC(O)C(O)C4O)C(O)C(O)C3O)ccc(O)c2C1=O. The summed E-state index contributed by atoms with van der Waals surface area (Å²) in [7, 11) is 0. The molecule has 13 nitrogen and oxygen atoms in total. The van der Waals surface area contributed by atoms with Crippen LogP contribution in [0.15, 0.2) is 23.8 Å². The lowest BCUT2D eigenvalue weighted by Crippen LogP contribution is -2.61. The Hall–Kier alpha value is -2.46. The average molecular weight is 498 g/mol. The fraction of sp³-hybridized carbons (Fsp3) is 0.545. The number of hydrogen-bond donors (Lipinski definition) is 7. The van der Waals surface area contributed by atoms with Gasteiger partial charge in [-0.15, -0.1) is 0 Å². The molecular formula is C22H26O13. The smallest absolute Gasteiger partial charge is 0.229 e. The maximum Gasteiger partial charge on any atom is 0.229 e. The van der Waals surface area contributed by atoms with Crippen LogP contribution in [0, 0.1) is 0 Å². The second kappa shape index (κ2) is 9.89. The summed E-state index contributed by atoms with van der Waals surface area (Å²) in [6.07, 6.45) is -13.0. The third kappa shape index (κ3) is 4.70. The molecule has 1 aliphatic carbocycles. The highest BCUT2D eigenvalue weighted by atomic mass is 16.7. The molecule has 0 saturated carbocycles. The molecule has 3 aliphatic rings. The minimum Gasteiger partial charge on any atom is -0.507 e. The van der Waals surface area contributed by atoms with Crippen molar-refractivity contribution in [1.82, 2.24) is 0 Å². The molecule has 0 spiro atoms. The molecule has 192 valence electrons. The molecule has 0 radical (unpaired) electrons. The second-order valence-corrected chi connectivity index (χ2v) is 8.57. The fourth-order valence-electron chi connectivity index (χ4n) is 4.07. The van der Waals surface area contributed by atoms with Crippen molar-refractivity contribution in [2.45, 2.75) is 62.2 Å². The van der Waals surface area contributed by atoms with Crippen LogP contribution in [-0.4, -0.2) is 116 Å². The molecule has 0 aromatic heterocycles. The molecule has 9 unspecified atom stereocenters. The van der Waals surface area contributed by atoms with Crippen molar-refractivity contribution in [3.63, 3.8) is 0 Å². The van der Waals surface area contributed by atoms with Crippen molar-refractivity contribution in [3.05, 3.63) is 34.9 Å². The molecule has 4 rings (SSSR count). The average Bonchev–Trinajstić information content (AvgIpc) is 2.82. The summed E-state index contributed by atoms with van der Waals surface area (Å²) in [4.78, 5) is 25.0. The van der Waals surface area contributed by atoms with E-state index in [4.69, 9.17) is 18.9 Å². The van der Waals surface area contributed by atoms with Gasteiger partial charge in [0, 0.05) is 5.57 Å². The summed E-state index contributed by atoms with van der Waals surface area (Å²) in [5.41, 5.74) is -0.414. The van der Waals surface area contributed by atoms with E-state index in [-0.39, 0.29) is 29.1 Å². The van der Waals surface area contributed by atoms with E-state index in [1.165, 1.54) is 13.0 Å². The minimum atomic E-state index is -1.79. The quantitative estimate of drug-likeness (QED) is 0.221. The number of allylic oxidation sites excluding steroid dienone is 2. The molecule has 2 heterocycles. The highest BCUT2D eigenvalue weighted by molar-refractivity contribution is 6.26. The van der Waals surface area contributed by atoms with E-state index in [9.17, 15) is 45.3 Å². The molecule has 2 aliphatic heterocycles. The second-order valence-electron chi connectivity index (χ2n) is 8.57. The normalized spacial score (nSPS) is 37.6. The van der Waals surface area contributed by atoms with Gasteiger partial charge in [0.1, 0.15) is 54.2 Å². The van der Waals surface area contributed by atoms with E-state index in [2.05, 4.69) is 0 Å². The molecule has 2 fully saturated rings. The summed E-state index contributed by atoms with van der Waals surface area (Å²) in [6, 6.07) is 2.31. The van der Waals surface area contributed by atoms with Gasteiger partial charge in [0.25, 0.3) is 0 Å². The van der Waals surface area contributed by atoms with Crippen molar-refractivity contribution < 1.29 is 64.3 Å². The topological polar surface area (TPSA) is 213 Å². The molecule has 9 atom stereocenters. The van der Waals surface area contributed by atoms with Crippen LogP contribution < -0.4 is 4.74 Å². The predicted molar refractivity (Wildman–Crippen MR) is 112 cm³/mol. The zero-order valence-corrected chi connectivity index (χ0v) is 18.4. The first kappa shape index (κ1) is 25.6. The Labute approximate surface area is 198 Å². The largest absolute Gasteiger partial charge is 0.507 e. The van der Waals surface area contributed by atoms with E-state index >= 15 is 0 Å². The number of aromatic hydroxyl groups is 1. The molecule has 0 bridgehead atoms. The highest BCUT2D eigenvalue weighted by Crippen LogP contribution is 2.37. The van der Waals surface area contributed by atoms with Crippen molar-refractivity contribution in [2.24, 2.45) is 0 Å². The van der Waals surface area contributed by atoms with Gasteiger partial charge in [0.15, 0.2) is 17.9 Å². The number of Topliss-reactive ketones (excluding diaryl/α,β-unsaturated/α-hetero) is 1. The Balaban J connectivity index is 1.51. The fourth-order valence-corrected chi connectivity index (χ4v) is 4.07. The first-order valence-electron chi connectivity index (χ1n) is 10.8. The molecule has 0 amide bonds. The molecule has 13 heteroatoms. The lowest BCUT2D eigenvalue weighted by Gasteiger charge is -2.41. The van der Waals surface area contributed by atoms with Gasteiger partial charge in [-0.3, -0.25) is 9.59 Å². The van der Waals surface area contributed by atoms with Crippen LogP contribution >= 0.6 is 0 Å². The lowest BCUT2D eigenvalue weighted by molar-refractivity contribution is -0.307. The Morgan fingerprint density at radius 1 is 0.914 bits per heavy atom. The van der Waals surface area contributed by atoms with Gasteiger partial charge in [-0.05, 0) is 25.1 Å². The molecule has 1 aromatic carbocycles. The van der Waals surface area contributed by atoms with Crippen LogP contribution in [0.25, 0.3) is 0 Å². The van der Waals surface area contributed by atoms with Crippen LogP contribution in [0.3, 0.4) is 0 Å². The summed E-state index contributed by atoms with van der Waals surface area (Å²) >= 11 is 0. The number of carbonyl (C=O) groups excluding carboxylic acids is 2. The number of hydrogen-bond acceptors (Lipinski definition) is 13. The molecule has 2 saturated heterocycles. The number of phenols is 1. The lowest BCUT2D eigenvalue weighted by atomic mass is 9.89. The van der Waals surface area contributed by atoms with Gasteiger partial charge in [0.05, 0.1) is 24.3 Å². The monoisotopic (exact) mass is 498 g/mol. The number of carbonyl (C=O) groups is 2. The summed E-state index contributed by atoms with van der Waals surface area (Å²) in [5, 5.41) is 70.4. The highest BCUT2D eigenvalue weighted by Gasteiger charge is 2.47. The molecular weight excluding hydrogens is 472 g/mol. The van der Waals surface area contributed by atoms with Gasteiger partial charge < -0.3 is 54.7 Å². The van der Waals surface area contributed by atoms with Gasteiger partial charge in [-0.1, -0.05) is 0 Å². The Bertz CT molecular complexity index is 1020. The Morgan fingerprint density at radius 2 is 1.60 bits per heavy atom. The first-order valence-corrected chi connectivity index (χ1v) is 10.8. The van der Waals surface area contributed by atoms with E-state index < -0.39 is 79.2 Å². The van der Waals surface area contributed by atoms with Crippen LogP contribution in [0.1, 0.15) is 27.6 Å². The van der Waals surface area contributed by atoms with Gasteiger partial charge in [-0.25, -0.2) is 0 Å². The number of aliphatic hydroxyl groups is 6. The number of fused-ring (bicyclic) bond motifs is 1. The zero-order valence-electron chi connectivity index (χ0n) is 18.4.